The van der Waals surface area contributed by atoms with Crippen molar-refractivity contribution >= 4 is 21.4 Å². The molecule has 106 valence electrons. The predicted octanol–water partition coefficient (Wildman–Crippen LogP) is 2.49. The highest BCUT2D eigenvalue weighted by atomic mass is 32.2. The fraction of sp³-hybridized carbons (Fsp3) is 0. The largest absolute Gasteiger partial charge is 0.396 e. The molecule has 0 bridgehead atoms. The standard InChI is InChI=1S/C12H9F3N2O2S/c13-9-3-1-7(5-10(9)14)17-20(18,19)8-2-4-12(16)11(15)6-8/h1-6,17H,16H2. The number of hydrogen-bond acceptors (Lipinski definition) is 3. The predicted molar refractivity (Wildman–Crippen MR) is 68.0 cm³/mol. The molecule has 0 aliphatic carbocycles. The normalized spacial score (nSPS) is 11.3. The highest BCUT2D eigenvalue weighted by Crippen LogP contribution is 2.20. The second-order valence-corrected chi connectivity index (χ2v) is 5.60. The zero-order valence-electron chi connectivity index (χ0n) is 9.90. The van der Waals surface area contributed by atoms with E-state index in [1.807, 2.05) is 4.72 Å². The first kappa shape index (κ1) is 14.2. The molecule has 2 aromatic rings. The maximum atomic E-state index is 13.2. The summed E-state index contributed by atoms with van der Waals surface area (Å²) in [5.41, 5.74) is 4.86. The molecule has 0 aromatic heterocycles. The summed E-state index contributed by atoms with van der Waals surface area (Å²) in [7, 11) is -4.12. The molecule has 0 fully saturated rings. The molecule has 0 aliphatic rings. The molecular formula is C12H9F3N2O2S. The van der Waals surface area contributed by atoms with Crippen molar-refractivity contribution in [2.45, 2.75) is 4.90 Å². The third-order valence-electron chi connectivity index (χ3n) is 2.45. The molecule has 0 heterocycles. The van der Waals surface area contributed by atoms with E-state index in [9.17, 15) is 21.6 Å². The molecule has 4 nitrogen and oxygen atoms in total. The van der Waals surface area contributed by atoms with Gasteiger partial charge in [-0.3, -0.25) is 4.72 Å². The van der Waals surface area contributed by atoms with Crippen molar-refractivity contribution in [3.63, 3.8) is 0 Å². The van der Waals surface area contributed by atoms with Gasteiger partial charge in [0, 0.05) is 6.07 Å². The van der Waals surface area contributed by atoms with Gasteiger partial charge in [-0.1, -0.05) is 0 Å². The SMILES string of the molecule is Nc1ccc(S(=O)(=O)Nc2ccc(F)c(F)c2)cc1F. The van der Waals surface area contributed by atoms with Crippen molar-refractivity contribution < 1.29 is 21.6 Å². The van der Waals surface area contributed by atoms with Gasteiger partial charge >= 0.3 is 0 Å². The Hall–Kier alpha value is -2.22. The van der Waals surface area contributed by atoms with Crippen molar-refractivity contribution in [2.24, 2.45) is 0 Å². The molecule has 8 heteroatoms. The van der Waals surface area contributed by atoms with Gasteiger partial charge in [-0.2, -0.15) is 0 Å². The monoisotopic (exact) mass is 302 g/mol. The van der Waals surface area contributed by atoms with Crippen LogP contribution in [0.4, 0.5) is 24.5 Å². The number of hydrogen-bond donors (Lipinski definition) is 2. The maximum Gasteiger partial charge on any atom is 0.261 e. The van der Waals surface area contributed by atoms with Crippen molar-refractivity contribution in [3.05, 3.63) is 53.8 Å². The summed E-state index contributed by atoms with van der Waals surface area (Å²) >= 11 is 0. The molecular weight excluding hydrogens is 293 g/mol. The van der Waals surface area contributed by atoms with Gasteiger partial charge in [0.25, 0.3) is 10.0 Å². The number of benzene rings is 2. The molecule has 20 heavy (non-hydrogen) atoms. The lowest BCUT2D eigenvalue weighted by Crippen LogP contribution is -2.13. The molecule has 0 unspecified atom stereocenters. The number of anilines is 2. The van der Waals surface area contributed by atoms with Crippen LogP contribution in [0.5, 0.6) is 0 Å². The Balaban J connectivity index is 2.35. The summed E-state index contributed by atoms with van der Waals surface area (Å²) in [6.45, 7) is 0. The van der Waals surface area contributed by atoms with Crippen LogP contribution in [-0.4, -0.2) is 8.42 Å². The summed E-state index contributed by atoms with van der Waals surface area (Å²) < 4.78 is 64.8. The fourth-order valence-electron chi connectivity index (χ4n) is 1.45. The topological polar surface area (TPSA) is 72.2 Å². The average Bonchev–Trinajstić information content (AvgIpc) is 2.37. The summed E-state index contributed by atoms with van der Waals surface area (Å²) in [4.78, 5) is -0.381. The van der Waals surface area contributed by atoms with Gasteiger partial charge in [0.2, 0.25) is 0 Å². The van der Waals surface area contributed by atoms with E-state index in [2.05, 4.69) is 0 Å². The highest BCUT2D eigenvalue weighted by Gasteiger charge is 2.16. The van der Waals surface area contributed by atoms with E-state index in [0.29, 0.717) is 6.07 Å². The summed E-state index contributed by atoms with van der Waals surface area (Å²) in [6.07, 6.45) is 0. The highest BCUT2D eigenvalue weighted by molar-refractivity contribution is 7.92. The van der Waals surface area contributed by atoms with Crippen molar-refractivity contribution in [2.75, 3.05) is 10.5 Å². The average molecular weight is 302 g/mol. The Bertz CT molecular complexity index is 763. The van der Waals surface area contributed by atoms with E-state index in [-0.39, 0.29) is 16.3 Å². The Morgan fingerprint density at radius 1 is 0.900 bits per heavy atom. The van der Waals surface area contributed by atoms with Crippen LogP contribution in [0.1, 0.15) is 0 Å². The molecule has 3 N–H and O–H groups in total. The number of nitrogens with one attached hydrogen (secondary N) is 1. The Morgan fingerprint density at radius 3 is 2.20 bits per heavy atom. The fourth-order valence-corrected chi connectivity index (χ4v) is 2.51. The van der Waals surface area contributed by atoms with E-state index in [4.69, 9.17) is 5.73 Å². The quantitative estimate of drug-likeness (QED) is 0.856. The summed E-state index contributed by atoms with van der Waals surface area (Å²) in [6, 6.07) is 5.42. The first-order valence-corrected chi connectivity index (χ1v) is 6.81. The third kappa shape index (κ3) is 2.85. The van der Waals surface area contributed by atoms with E-state index >= 15 is 0 Å². The summed E-state index contributed by atoms with van der Waals surface area (Å²) in [5, 5.41) is 0. The molecule has 2 rings (SSSR count). The minimum atomic E-state index is -4.12. The Morgan fingerprint density at radius 2 is 1.60 bits per heavy atom. The van der Waals surface area contributed by atoms with Crippen LogP contribution in [0.3, 0.4) is 0 Å². The van der Waals surface area contributed by atoms with Crippen LogP contribution in [0.25, 0.3) is 0 Å². The van der Waals surface area contributed by atoms with Gasteiger partial charge < -0.3 is 5.73 Å². The molecule has 0 aliphatic heterocycles. The lowest BCUT2D eigenvalue weighted by Gasteiger charge is -2.09. The van der Waals surface area contributed by atoms with Gasteiger partial charge in [-0.25, -0.2) is 21.6 Å². The minimum Gasteiger partial charge on any atom is -0.396 e. The van der Waals surface area contributed by atoms with Crippen LogP contribution < -0.4 is 10.5 Å². The molecule has 0 saturated heterocycles. The van der Waals surface area contributed by atoms with Crippen LogP contribution in [0.15, 0.2) is 41.3 Å². The molecule has 2 aromatic carbocycles. The second kappa shape index (κ2) is 5.04. The third-order valence-corrected chi connectivity index (χ3v) is 3.83. The van der Waals surface area contributed by atoms with Crippen LogP contribution >= 0.6 is 0 Å². The minimum absolute atomic E-state index is 0.180. The molecule has 0 radical (unpaired) electrons. The van der Waals surface area contributed by atoms with E-state index in [1.165, 1.54) is 0 Å². The van der Waals surface area contributed by atoms with Crippen molar-refractivity contribution in [1.82, 2.24) is 0 Å². The van der Waals surface area contributed by atoms with Gasteiger partial charge in [0.05, 0.1) is 16.3 Å². The van der Waals surface area contributed by atoms with Gasteiger partial charge in [-0.05, 0) is 30.3 Å². The second-order valence-electron chi connectivity index (χ2n) is 3.92. The van der Waals surface area contributed by atoms with Gasteiger partial charge in [-0.15, -0.1) is 0 Å². The number of halogens is 3. The van der Waals surface area contributed by atoms with Gasteiger partial charge in [0.1, 0.15) is 5.82 Å². The smallest absolute Gasteiger partial charge is 0.261 e. The lowest BCUT2D eigenvalue weighted by atomic mass is 10.3. The summed E-state index contributed by atoms with van der Waals surface area (Å²) in [5.74, 6) is -3.20. The molecule has 0 spiro atoms. The van der Waals surface area contributed by atoms with E-state index < -0.39 is 27.5 Å². The first-order chi connectivity index (χ1) is 9.29. The zero-order chi connectivity index (χ0) is 14.9. The van der Waals surface area contributed by atoms with Crippen LogP contribution in [0, 0.1) is 17.5 Å². The van der Waals surface area contributed by atoms with Gasteiger partial charge in [0.15, 0.2) is 11.6 Å². The number of sulfonamides is 1. The van der Waals surface area contributed by atoms with E-state index in [1.54, 1.807) is 0 Å². The first-order valence-electron chi connectivity index (χ1n) is 5.32. The van der Waals surface area contributed by atoms with Crippen molar-refractivity contribution in [1.29, 1.82) is 0 Å². The number of rotatable bonds is 3. The zero-order valence-corrected chi connectivity index (χ0v) is 10.7. The Kier molecular flexibility index (Phi) is 3.58. The molecule has 0 saturated carbocycles. The van der Waals surface area contributed by atoms with E-state index in [0.717, 1.165) is 30.3 Å². The molecule has 0 amide bonds. The molecule has 0 atom stereocenters. The number of nitrogen functional groups attached to an aromatic ring is 1. The van der Waals surface area contributed by atoms with Crippen molar-refractivity contribution in [3.8, 4) is 0 Å². The number of nitrogens with two attached hydrogens (primary N) is 1. The lowest BCUT2D eigenvalue weighted by molar-refractivity contribution is 0.509. The maximum absolute atomic E-state index is 13.2. The Labute approximate surface area is 113 Å². The van der Waals surface area contributed by atoms with Crippen LogP contribution in [-0.2, 0) is 10.0 Å². The van der Waals surface area contributed by atoms with Crippen LogP contribution in [0.2, 0.25) is 0 Å².